The molecule has 2 aromatic rings. The Kier molecular flexibility index (Phi) is 8.83. The molecule has 35 heavy (non-hydrogen) atoms. The van der Waals surface area contributed by atoms with E-state index in [-0.39, 0.29) is 21.4 Å². The smallest absolute Gasteiger partial charge is 0.368 e. The zero-order valence-corrected chi connectivity index (χ0v) is 21.5. The monoisotopic (exact) mass is 523 g/mol. The van der Waals surface area contributed by atoms with E-state index in [9.17, 15) is 17.6 Å². The quantitative estimate of drug-likeness (QED) is 0.269. The summed E-state index contributed by atoms with van der Waals surface area (Å²) in [5, 5.41) is 8.79. The van der Waals surface area contributed by atoms with E-state index in [1.54, 1.807) is 0 Å². The first-order valence-electron chi connectivity index (χ1n) is 11.8. The maximum Gasteiger partial charge on any atom is 0.368 e. The predicted molar refractivity (Wildman–Crippen MR) is 136 cm³/mol. The molecule has 0 fully saturated rings. The van der Waals surface area contributed by atoms with Crippen molar-refractivity contribution in [3.63, 3.8) is 0 Å². The molecule has 0 saturated carbocycles. The van der Waals surface area contributed by atoms with Gasteiger partial charge in [0.1, 0.15) is 12.0 Å². The highest BCUT2D eigenvalue weighted by Crippen LogP contribution is 2.47. The first-order valence-corrected chi connectivity index (χ1v) is 13.8. The highest BCUT2D eigenvalue weighted by atomic mass is 35.5. The zero-order valence-electron chi connectivity index (χ0n) is 20.0. The van der Waals surface area contributed by atoms with Gasteiger partial charge in [-0.25, -0.2) is 13.2 Å². The second-order valence-electron chi connectivity index (χ2n) is 9.03. The lowest BCUT2D eigenvalue weighted by atomic mass is 9.79. The molecule has 0 unspecified atom stereocenters. The van der Waals surface area contributed by atoms with Crippen molar-refractivity contribution in [3.8, 4) is 5.75 Å². The Morgan fingerprint density at radius 1 is 1.17 bits per heavy atom. The third-order valence-corrected chi connectivity index (χ3v) is 8.60. The molecule has 1 heterocycles. The van der Waals surface area contributed by atoms with Crippen molar-refractivity contribution in [2.24, 2.45) is 5.41 Å². The van der Waals surface area contributed by atoms with E-state index in [4.69, 9.17) is 21.4 Å². The fourth-order valence-electron chi connectivity index (χ4n) is 4.56. The average molecular weight is 524 g/mol. The Hall–Kier alpha value is -2.58. The Morgan fingerprint density at radius 2 is 1.80 bits per heavy atom. The summed E-state index contributed by atoms with van der Waals surface area (Å²) >= 11 is 6.42. The number of aliphatic carboxylic acids is 1. The van der Waals surface area contributed by atoms with Gasteiger partial charge in [0.2, 0.25) is 5.83 Å². The molecule has 0 amide bonds. The largest absolute Gasteiger partial charge is 0.476 e. The molecule has 9 heteroatoms. The molecule has 1 aliphatic heterocycles. The van der Waals surface area contributed by atoms with Gasteiger partial charge in [0.25, 0.3) is 0 Å². The van der Waals surface area contributed by atoms with Gasteiger partial charge in [-0.1, -0.05) is 69.3 Å². The van der Waals surface area contributed by atoms with Gasteiger partial charge in [0, 0.05) is 23.7 Å². The van der Waals surface area contributed by atoms with Crippen LogP contribution in [0.4, 0.5) is 15.8 Å². The van der Waals surface area contributed by atoms with Crippen molar-refractivity contribution in [2.75, 3.05) is 17.2 Å². The number of carboxylic acids is 1. The standard InChI is InChI=1S/C26H31ClFNO5S/c1-3-5-12-26(13-6-4-2)17-29(19-10-8-7-9-11-19)22-14-20(27)23(34-16-21(28)25(30)31)15-24(22)35(32,33)18-26/h7-11,14-16H,3-6,12-13,17-18H2,1-2H3,(H,30,31)/b21-16-. The fraction of sp³-hybridized carbons (Fsp3) is 0.423. The van der Waals surface area contributed by atoms with Gasteiger partial charge in [-0.05, 0) is 31.0 Å². The van der Waals surface area contributed by atoms with Crippen LogP contribution in [0.1, 0.15) is 52.4 Å². The number of halogens is 2. The number of benzene rings is 2. The van der Waals surface area contributed by atoms with Crippen molar-refractivity contribution >= 4 is 38.8 Å². The highest BCUT2D eigenvalue weighted by Gasteiger charge is 2.42. The molecule has 0 aliphatic carbocycles. The lowest BCUT2D eigenvalue weighted by Crippen LogP contribution is -2.38. The van der Waals surface area contributed by atoms with E-state index in [1.165, 1.54) is 12.1 Å². The fourth-order valence-corrected chi connectivity index (χ4v) is 6.88. The topological polar surface area (TPSA) is 83.9 Å². The van der Waals surface area contributed by atoms with E-state index in [2.05, 4.69) is 13.8 Å². The number of carbonyl (C=O) groups is 1. The number of nitrogens with zero attached hydrogens (tertiary/aromatic N) is 1. The van der Waals surface area contributed by atoms with E-state index in [0.717, 1.165) is 44.2 Å². The van der Waals surface area contributed by atoms with E-state index < -0.39 is 27.0 Å². The van der Waals surface area contributed by atoms with Crippen LogP contribution >= 0.6 is 11.6 Å². The number of carboxylic acid groups (broad SMARTS) is 1. The Balaban J connectivity index is 2.20. The van der Waals surface area contributed by atoms with Gasteiger partial charge < -0.3 is 14.7 Å². The minimum atomic E-state index is -3.79. The number of hydrogen-bond donors (Lipinski definition) is 1. The molecule has 0 spiro atoms. The minimum Gasteiger partial charge on any atom is -0.476 e. The first-order chi connectivity index (χ1) is 16.6. The molecule has 0 atom stereocenters. The normalized spacial score (nSPS) is 16.9. The lowest BCUT2D eigenvalue weighted by molar-refractivity contribution is -0.134. The van der Waals surface area contributed by atoms with Crippen molar-refractivity contribution < 1.29 is 27.4 Å². The molecule has 0 radical (unpaired) electrons. The summed E-state index contributed by atoms with van der Waals surface area (Å²) in [7, 11) is -3.79. The zero-order chi connectivity index (χ0) is 25.6. The summed E-state index contributed by atoms with van der Waals surface area (Å²) < 4.78 is 46.3. The molecule has 0 bridgehead atoms. The van der Waals surface area contributed by atoms with Crippen molar-refractivity contribution in [3.05, 3.63) is 59.6 Å². The third kappa shape index (κ3) is 6.35. The van der Waals surface area contributed by atoms with Gasteiger partial charge in [0.05, 0.1) is 21.4 Å². The number of rotatable bonds is 10. The van der Waals surface area contributed by atoms with Gasteiger partial charge >= 0.3 is 5.97 Å². The number of sulfone groups is 1. The summed E-state index contributed by atoms with van der Waals surface area (Å²) in [5.41, 5.74) is 0.790. The van der Waals surface area contributed by atoms with Gasteiger partial charge in [0.15, 0.2) is 9.84 Å². The van der Waals surface area contributed by atoms with Gasteiger partial charge in [-0.3, -0.25) is 0 Å². The molecule has 190 valence electrons. The van der Waals surface area contributed by atoms with Crippen LogP contribution in [0.3, 0.4) is 0 Å². The van der Waals surface area contributed by atoms with Gasteiger partial charge in [-0.2, -0.15) is 4.39 Å². The summed E-state index contributed by atoms with van der Waals surface area (Å²) in [4.78, 5) is 12.8. The van der Waals surface area contributed by atoms with E-state index in [1.807, 2.05) is 35.2 Å². The average Bonchev–Trinajstić information content (AvgIpc) is 2.92. The molecule has 2 aromatic carbocycles. The SMILES string of the molecule is CCCCC1(CCCC)CN(c2ccccc2)c2cc(Cl)c(O/C=C(\F)C(=O)O)cc2S(=O)(=O)C1. The summed E-state index contributed by atoms with van der Waals surface area (Å²) in [6, 6.07) is 12.3. The number of anilines is 2. The van der Waals surface area contributed by atoms with Crippen LogP contribution in [0, 0.1) is 5.41 Å². The van der Waals surface area contributed by atoms with Crippen LogP contribution in [0.5, 0.6) is 5.75 Å². The summed E-state index contributed by atoms with van der Waals surface area (Å²) in [5.74, 6) is -3.48. The van der Waals surface area contributed by atoms with E-state index >= 15 is 0 Å². The molecule has 0 aromatic heterocycles. The number of ether oxygens (including phenoxy) is 1. The molecule has 1 N–H and O–H groups in total. The third-order valence-electron chi connectivity index (χ3n) is 6.31. The summed E-state index contributed by atoms with van der Waals surface area (Å²) in [6.45, 7) is 4.69. The van der Waals surface area contributed by atoms with Gasteiger partial charge in [-0.15, -0.1) is 0 Å². The Labute approximate surface area is 211 Å². The number of hydrogen-bond acceptors (Lipinski definition) is 5. The molecular formula is C26H31ClFNO5S. The highest BCUT2D eigenvalue weighted by molar-refractivity contribution is 7.91. The second-order valence-corrected chi connectivity index (χ2v) is 11.4. The van der Waals surface area contributed by atoms with Crippen LogP contribution in [0.15, 0.2) is 59.4 Å². The van der Waals surface area contributed by atoms with Crippen molar-refractivity contribution in [2.45, 2.75) is 57.3 Å². The molecule has 1 aliphatic rings. The number of para-hydroxylation sites is 1. The second kappa shape index (κ2) is 11.4. The first kappa shape index (κ1) is 27.0. The van der Waals surface area contributed by atoms with Crippen molar-refractivity contribution in [1.82, 2.24) is 0 Å². The molecule has 0 saturated heterocycles. The predicted octanol–water partition coefficient (Wildman–Crippen LogP) is 6.91. The van der Waals surface area contributed by atoms with E-state index in [0.29, 0.717) is 18.5 Å². The lowest BCUT2D eigenvalue weighted by Gasteiger charge is -2.37. The summed E-state index contributed by atoms with van der Waals surface area (Å²) in [6.07, 6.45) is 5.67. The number of fused-ring (bicyclic) bond motifs is 1. The van der Waals surface area contributed by atoms with Crippen LogP contribution in [-0.4, -0.2) is 31.8 Å². The van der Waals surface area contributed by atoms with Crippen molar-refractivity contribution in [1.29, 1.82) is 0 Å². The number of unbranched alkanes of at least 4 members (excludes halogenated alkanes) is 2. The minimum absolute atomic E-state index is 0.0276. The molecular weight excluding hydrogens is 493 g/mol. The molecule has 3 rings (SSSR count). The maximum atomic E-state index is 13.8. The molecule has 6 nitrogen and oxygen atoms in total. The Bertz CT molecular complexity index is 1180. The van der Waals surface area contributed by atoms with Crippen LogP contribution in [-0.2, 0) is 14.6 Å². The Morgan fingerprint density at radius 3 is 2.37 bits per heavy atom. The van der Waals surface area contributed by atoms with Crippen LogP contribution in [0.25, 0.3) is 0 Å². The van der Waals surface area contributed by atoms with Crippen LogP contribution < -0.4 is 9.64 Å². The van der Waals surface area contributed by atoms with Crippen LogP contribution in [0.2, 0.25) is 5.02 Å². The maximum absolute atomic E-state index is 13.8.